The number of fused-ring (bicyclic) bond motifs is 1. The highest BCUT2D eigenvalue weighted by Gasteiger charge is 2.10. The molecular weight excluding hydrogens is 222 g/mol. The van der Waals surface area contributed by atoms with E-state index in [2.05, 4.69) is 31.1 Å². The number of rotatable bonds is 3. The molecule has 2 rings (SSSR count). The van der Waals surface area contributed by atoms with E-state index in [9.17, 15) is 0 Å². The van der Waals surface area contributed by atoms with Crippen molar-refractivity contribution < 1.29 is 0 Å². The van der Waals surface area contributed by atoms with Gasteiger partial charge in [0, 0.05) is 23.8 Å². The van der Waals surface area contributed by atoms with Gasteiger partial charge >= 0.3 is 0 Å². The summed E-state index contributed by atoms with van der Waals surface area (Å²) >= 11 is 0. The van der Waals surface area contributed by atoms with Crippen LogP contribution in [0.3, 0.4) is 0 Å². The van der Waals surface area contributed by atoms with Gasteiger partial charge in [-0.05, 0) is 36.1 Å². The summed E-state index contributed by atoms with van der Waals surface area (Å²) in [5, 5.41) is 4.47. The molecule has 18 heavy (non-hydrogen) atoms. The number of nitrogens with zero attached hydrogens (tertiary/aromatic N) is 1. The van der Waals surface area contributed by atoms with Crippen LogP contribution in [0, 0.1) is 5.41 Å². The molecule has 1 heterocycles. The number of nitrogens with two attached hydrogens (primary N) is 1. The lowest BCUT2D eigenvalue weighted by Gasteiger charge is -2.19. The zero-order chi connectivity index (χ0) is 13.2. The minimum absolute atomic E-state index is 0.337. The Morgan fingerprint density at radius 2 is 2.00 bits per heavy atom. The summed E-state index contributed by atoms with van der Waals surface area (Å²) in [7, 11) is 0. The molecule has 96 valence electrons. The lowest BCUT2D eigenvalue weighted by Crippen LogP contribution is -2.13. The van der Waals surface area contributed by atoms with Crippen LogP contribution in [0.15, 0.2) is 30.5 Å². The van der Waals surface area contributed by atoms with Crippen molar-refractivity contribution in [2.45, 2.75) is 27.2 Å². The van der Waals surface area contributed by atoms with Crippen LogP contribution in [0.25, 0.3) is 10.9 Å². The maximum Gasteiger partial charge on any atom is 0.0953 e. The highest BCUT2D eigenvalue weighted by Crippen LogP contribution is 2.27. The first kappa shape index (κ1) is 12.7. The normalized spacial score (nSPS) is 11.7. The Morgan fingerprint density at radius 1 is 1.22 bits per heavy atom. The van der Waals surface area contributed by atoms with Crippen LogP contribution in [0.4, 0.5) is 11.4 Å². The Kier molecular flexibility index (Phi) is 3.41. The fourth-order valence-corrected chi connectivity index (χ4v) is 1.91. The van der Waals surface area contributed by atoms with E-state index >= 15 is 0 Å². The average molecular weight is 243 g/mol. The summed E-state index contributed by atoms with van der Waals surface area (Å²) in [5.41, 5.74) is 9.08. The molecule has 0 unspecified atom stereocenters. The third-order valence-corrected chi connectivity index (χ3v) is 2.99. The summed E-state index contributed by atoms with van der Waals surface area (Å²) in [6.45, 7) is 7.68. The Hall–Kier alpha value is -1.77. The number of aromatic nitrogens is 1. The quantitative estimate of drug-likeness (QED) is 0.809. The first-order valence-corrected chi connectivity index (χ1v) is 6.34. The SMILES string of the molecule is CC(C)(C)CCNc1ccc(N)c2cccnc12. The highest BCUT2D eigenvalue weighted by molar-refractivity contribution is 5.98. The molecule has 0 amide bonds. The van der Waals surface area contributed by atoms with Gasteiger partial charge in [-0.3, -0.25) is 4.98 Å². The van der Waals surface area contributed by atoms with Crippen molar-refractivity contribution in [1.82, 2.24) is 4.98 Å². The lowest BCUT2D eigenvalue weighted by atomic mass is 9.92. The highest BCUT2D eigenvalue weighted by atomic mass is 14.9. The van der Waals surface area contributed by atoms with Crippen molar-refractivity contribution in [3.63, 3.8) is 0 Å². The van der Waals surface area contributed by atoms with Gasteiger partial charge in [0.15, 0.2) is 0 Å². The first-order chi connectivity index (χ1) is 8.47. The molecular formula is C15H21N3. The van der Waals surface area contributed by atoms with Gasteiger partial charge in [0.2, 0.25) is 0 Å². The number of pyridine rings is 1. The van der Waals surface area contributed by atoms with Crippen molar-refractivity contribution >= 4 is 22.3 Å². The van der Waals surface area contributed by atoms with Crippen LogP contribution in [-0.2, 0) is 0 Å². The minimum atomic E-state index is 0.337. The molecule has 0 spiro atoms. The van der Waals surface area contributed by atoms with E-state index < -0.39 is 0 Å². The first-order valence-electron chi connectivity index (χ1n) is 6.34. The minimum Gasteiger partial charge on any atom is -0.398 e. The molecule has 0 fully saturated rings. The van der Waals surface area contributed by atoms with E-state index in [1.807, 2.05) is 24.3 Å². The van der Waals surface area contributed by atoms with Gasteiger partial charge in [-0.2, -0.15) is 0 Å². The summed E-state index contributed by atoms with van der Waals surface area (Å²) in [5.74, 6) is 0. The Balaban J connectivity index is 2.21. The molecule has 0 bridgehead atoms. The molecule has 0 atom stereocenters. The van der Waals surface area contributed by atoms with Crippen LogP contribution in [0.2, 0.25) is 0 Å². The number of hydrogen-bond acceptors (Lipinski definition) is 3. The fraction of sp³-hybridized carbons (Fsp3) is 0.400. The molecule has 0 aliphatic carbocycles. The van der Waals surface area contributed by atoms with Gasteiger partial charge < -0.3 is 11.1 Å². The molecule has 1 aromatic heterocycles. The van der Waals surface area contributed by atoms with E-state index in [1.165, 1.54) is 0 Å². The molecule has 3 N–H and O–H groups in total. The maximum atomic E-state index is 5.96. The number of nitrogen functional groups attached to an aromatic ring is 1. The van der Waals surface area contributed by atoms with E-state index in [-0.39, 0.29) is 0 Å². The fourth-order valence-electron chi connectivity index (χ4n) is 1.91. The van der Waals surface area contributed by atoms with E-state index in [0.29, 0.717) is 5.41 Å². The van der Waals surface area contributed by atoms with Gasteiger partial charge in [-0.1, -0.05) is 20.8 Å². The smallest absolute Gasteiger partial charge is 0.0953 e. The topological polar surface area (TPSA) is 50.9 Å². The van der Waals surface area contributed by atoms with Crippen LogP contribution < -0.4 is 11.1 Å². The van der Waals surface area contributed by atoms with E-state index in [4.69, 9.17) is 5.73 Å². The van der Waals surface area contributed by atoms with E-state index in [0.717, 1.165) is 35.2 Å². The Labute approximate surface area is 108 Å². The van der Waals surface area contributed by atoms with E-state index in [1.54, 1.807) is 6.20 Å². The molecule has 0 radical (unpaired) electrons. The average Bonchev–Trinajstić information content (AvgIpc) is 2.31. The second kappa shape index (κ2) is 4.84. The second-order valence-corrected chi connectivity index (χ2v) is 5.84. The summed E-state index contributed by atoms with van der Waals surface area (Å²) in [6.07, 6.45) is 2.92. The van der Waals surface area contributed by atoms with Crippen LogP contribution >= 0.6 is 0 Å². The molecule has 0 aliphatic heterocycles. The van der Waals surface area contributed by atoms with Crippen molar-refractivity contribution in [3.8, 4) is 0 Å². The largest absolute Gasteiger partial charge is 0.398 e. The van der Waals surface area contributed by atoms with Gasteiger partial charge in [-0.25, -0.2) is 0 Å². The number of anilines is 2. The van der Waals surface area contributed by atoms with Crippen LogP contribution in [0.1, 0.15) is 27.2 Å². The Morgan fingerprint density at radius 3 is 2.72 bits per heavy atom. The van der Waals surface area contributed by atoms with Gasteiger partial charge in [0.05, 0.1) is 11.2 Å². The van der Waals surface area contributed by atoms with Crippen LogP contribution in [-0.4, -0.2) is 11.5 Å². The van der Waals surface area contributed by atoms with Gasteiger partial charge in [0.25, 0.3) is 0 Å². The predicted octanol–water partition coefficient (Wildman–Crippen LogP) is 3.67. The summed E-state index contributed by atoms with van der Waals surface area (Å²) < 4.78 is 0. The lowest BCUT2D eigenvalue weighted by molar-refractivity contribution is 0.390. The van der Waals surface area contributed by atoms with Crippen molar-refractivity contribution in [1.29, 1.82) is 0 Å². The van der Waals surface area contributed by atoms with Crippen molar-refractivity contribution in [2.24, 2.45) is 5.41 Å². The molecule has 0 aliphatic rings. The standard InChI is InChI=1S/C15H21N3/c1-15(2,3)8-10-17-13-7-6-12(16)11-5-4-9-18-14(11)13/h4-7,9,17H,8,10,16H2,1-3H3. The summed E-state index contributed by atoms with van der Waals surface area (Å²) in [4.78, 5) is 4.41. The third-order valence-electron chi connectivity index (χ3n) is 2.99. The molecule has 1 aromatic carbocycles. The third kappa shape index (κ3) is 2.92. The van der Waals surface area contributed by atoms with Crippen molar-refractivity contribution in [3.05, 3.63) is 30.5 Å². The number of nitrogens with one attached hydrogen (secondary N) is 1. The number of hydrogen-bond donors (Lipinski definition) is 2. The molecule has 0 saturated heterocycles. The maximum absolute atomic E-state index is 5.96. The molecule has 3 heteroatoms. The summed E-state index contributed by atoms with van der Waals surface area (Å²) in [6, 6.07) is 7.86. The second-order valence-electron chi connectivity index (χ2n) is 5.84. The predicted molar refractivity (Wildman–Crippen MR) is 78.7 cm³/mol. The van der Waals surface area contributed by atoms with Crippen LogP contribution in [0.5, 0.6) is 0 Å². The zero-order valence-corrected chi connectivity index (χ0v) is 11.3. The number of benzene rings is 1. The molecule has 2 aromatic rings. The monoisotopic (exact) mass is 243 g/mol. The zero-order valence-electron chi connectivity index (χ0n) is 11.3. The molecule has 3 nitrogen and oxygen atoms in total. The van der Waals surface area contributed by atoms with Gasteiger partial charge in [0.1, 0.15) is 0 Å². The Bertz CT molecular complexity index is 541. The van der Waals surface area contributed by atoms with Gasteiger partial charge in [-0.15, -0.1) is 0 Å². The molecule has 0 saturated carbocycles. The van der Waals surface area contributed by atoms with Crippen molar-refractivity contribution in [2.75, 3.05) is 17.6 Å².